The van der Waals surface area contributed by atoms with Crippen molar-refractivity contribution < 1.29 is 4.79 Å². The molecule has 0 fully saturated rings. The minimum absolute atomic E-state index is 0.0438. The lowest BCUT2D eigenvalue weighted by atomic mass is 10.0. The van der Waals surface area contributed by atoms with Crippen LogP contribution in [0.1, 0.15) is 55.1 Å². The van der Waals surface area contributed by atoms with Crippen LogP contribution in [-0.2, 0) is 0 Å². The maximum atomic E-state index is 12.4. The number of carbonyl (C=O) groups is 1. The molecule has 120 valence electrons. The van der Waals surface area contributed by atoms with Gasteiger partial charge in [0.2, 0.25) is 0 Å². The van der Waals surface area contributed by atoms with Gasteiger partial charge in [0.05, 0.1) is 17.9 Å². The minimum Gasteiger partial charge on any atom is -0.343 e. The summed E-state index contributed by atoms with van der Waals surface area (Å²) in [7, 11) is 0. The van der Waals surface area contributed by atoms with Crippen LogP contribution in [0, 0.1) is 5.41 Å². The molecule has 23 heavy (non-hydrogen) atoms. The fourth-order valence-electron chi connectivity index (χ4n) is 2.37. The van der Waals surface area contributed by atoms with Crippen molar-refractivity contribution in [1.29, 1.82) is 5.41 Å². The van der Waals surface area contributed by atoms with Gasteiger partial charge in [0.25, 0.3) is 5.91 Å². The summed E-state index contributed by atoms with van der Waals surface area (Å²) in [4.78, 5) is 19.5. The van der Waals surface area contributed by atoms with Gasteiger partial charge < -0.3 is 15.7 Å². The number of hydrogen-bond acceptors (Lipinski definition) is 3. The van der Waals surface area contributed by atoms with Crippen LogP contribution < -0.4 is 5.32 Å². The number of nitrogens with zero attached hydrogens (tertiary/aromatic N) is 1. The lowest BCUT2D eigenvalue weighted by molar-refractivity contribution is 0.0926. The monoisotopic (exact) mass is 310 g/mol. The van der Waals surface area contributed by atoms with Crippen molar-refractivity contribution in [3.05, 3.63) is 59.7 Å². The third-order valence-electron chi connectivity index (χ3n) is 3.56. The Labute approximate surface area is 136 Å². The largest absolute Gasteiger partial charge is 0.343 e. The van der Waals surface area contributed by atoms with E-state index < -0.39 is 0 Å². The van der Waals surface area contributed by atoms with Crippen LogP contribution in [0.25, 0.3) is 5.57 Å². The molecule has 0 spiro atoms. The second-order valence-electron chi connectivity index (χ2n) is 5.50. The van der Waals surface area contributed by atoms with Gasteiger partial charge in [0.15, 0.2) is 5.82 Å². The fraction of sp³-hybridized carbons (Fsp3) is 0.278. The van der Waals surface area contributed by atoms with E-state index in [2.05, 4.69) is 15.3 Å². The third-order valence-corrected chi connectivity index (χ3v) is 3.56. The molecule has 1 amide bonds. The molecular weight excluding hydrogens is 288 g/mol. The van der Waals surface area contributed by atoms with E-state index in [0.717, 1.165) is 23.3 Å². The second-order valence-corrected chi connectivity index (χ2v) is 5.50. The van der Waals surface area contributed by atoms with Gasteiger partial charge in [-0.05, 0) is 37.5 Å². The molecule has 1 heterocycles. The summed E-state index contributed by atoms with van der Waals surface area (Å²) in [6, 6.07) is 9.84. The van der Waals surface area contributed by atoms with Crippen LogP contribution in [0.2, 0.25) is 0 Å². The Bertz CT molecular complexity index is 716. The van der Waals surface area contributed by atoms with Crippen molar-refractivity contribution in [3.8, 4) is 0 Å². The van der Waals surface area contributed by atoms with Crippen LogP contribution in [0.15, 0.2) is 42.6 Å². The minimum atomic E-state index is -0.230. The maximum Gasteiger partial charge on any atom is 0.287 e. The zero-order chi connectivity index (χ0) is 16.8. The molecule has 0 radical (unpaired) electrons. The summed E-state index contributed by atoms with van der Waals surface area (Å²) >= 11 is 0. The molecule has 0 saturated carbocycles. The summed E-state index contributed by atoms with van der Waals surface area (Å²) in [5, 5.41) is 10.5. The van der Waals surface area contributed by atoms with Gasteiger partial charge in [-0.1, -0.05) is 37.3 Å². The van der Waals surface area contributed by atoms with Gasteiger partial charge in [-0.15, -0.1) is 0 Å². The van der Waals surface area contributed by atoms with Crippen molar-refractivity contribution in [2.75, 3.05) is 0 Å². The van der Waals surface area contributed by atoms with E-state index in [1.807, 2.05) is 44.2 Å². The molecule has 5 nitrogen and oxygen atoms in total. The molecule has 1 atom stereocenters. The molecular formula is C18H22N4O. The average molecular weight is 310 g/mol. The Morgan fingerprint density at radius 1 is 1.35 bits per heavy atom. The molecule has 0 bridgehead atoms. The van der Waals surface area contributed by atoms with Gasteiger partial charge in [-0.25, -0.2) is 4.98 Å². The molecule has 0 saturated heterocycles. The topological polar surface area (TPSA) is 81.6 Å². The number of rotatable bonds is 6. The molecule has 2 rings (SSSR count). The first kappa shape index (κ1) is 16.7. The maximum absolute atomic E-state index is 12.4. The molecule has 0 aliphatic rings. The number of carbonyl (C=O) groups excluding carboxylic acids is 1. The lowest BCUT2D eigenvalue weighted by Crippen LogP contribution is -2.29. The van der Waals surface area contributed by atoms with Crippen molar-refractivity contribution in [3.63, 3.8) is 0 Å². The number of allylic oxidation sites excluding steroid dienone is 2. The number of amides is 1. The number of hydrogen-bond donors (Lipinski definition) is 3. The van der Waals surface area contributed by atoms with Gasteiger partial charge in [0, 0.05) is 5.71 Å². The van der Waals surface area contributed by atoms with Gasteiger partial charge in [-0.3, -0.25) is 4.79 Å². The molecule has 0 aliphatic carbocycles. The van der Waals surface area contributed by atoms with E-state index in [9.17, 15) is 4.79 Å². The molecule has 1 aromatic carbocycles. The van der Waals surface area contributed by atoms with Crippen LogP contribution in [-0.4, -0.2) is 21.6 Å². The van der Waals surface area contributed by atoms with Gasteiger partial charge in [0.1, 0.15) is 0 Å². The van der Waals surface area contributed by atoms with Crippen LogP contribution >= 0.6 is 0 Å². The van der Waals surface area contributed by atoms with Crippen LogP contribution in [0.4, 0.5) is 0 Å². The smallest absolute Gasteiger partial charge is 0.287 e. The zero-order valence-electron chi connectivity index (χ0n) is 13.7. The highest BCUT2D eigenvalue weighted by Gasteiger charge is 2.16. The van der Waals surface area contributed by atoms with Crippen molar-refractivity contribution in [1.82, 2.24) is 15.3 Å². The van der Waals surface area contributed by atoms with E-state index in [1.54, 1.807) is 19.2 Å². The summed E-state index contributed by atoms with van der Waals surface area (Å²) in [5.41, 5.74) is 3.15. The quantitative estimate of drug-likeness (QED) is 0.710. The summed E-state index contributed by atoms with van der Waals surface area (Å²) < 4.78 is 0. The van der Waals surface area contributed by atoms with Crippen LogP contribution in [0.5, 0.6) is 0 Å². The van der Waals surface area contributed by atoms with Gasteiger partial charge in [-0.2, -0.15) is 0 Å². The number of imidazole rings is 1. The first-order chi connectivity index (χ1) is 11.0. The first-order valence-corrected chi connectivity index (χ1v) is 7.66. The SMILES string of the molecule is CCC(NC(=O)c1ncc(/C(C)=C\C(C)=N)[nH]1)c1ccccc1. The van der Waals surface area contributed by atoms with Gasteiger partial charge >= 0.3 is 0 Å². The Morgan fingerprint density at radius 3 is 2.65 bits per heavy atom. The number of aromatic amines is 1. The number of H-pyrrole nitrogens is 1. The molecule has 3 N–H and O–H groups in total. The lowest BCUT2D eigenvalue weighted by Gasteiger charge is -2.16. The van der Waals surface area contributed by atoms with Crippen LogP contribution in [0.3, 0.4) is 0 Å². The molecule has 0 aliphatic heterocycles. The second kappa shape index (κ2) is 7.54. The summed E-state index contributed by atoms with van der Waals surface area (Å²) in [5.74, 6) is 0.0519. The Kier molecular flexibility index (Phi) is 5.46. The molecule has 1 unspecified atom stereocenters. The highest BCUT2D eigenvalue weighted by atomic mass is 16.2. The Hall–Kier alpha value is -2.69. The zero-order valence-corrected chi connectivity index (χ0v) is 13.7. The highest BCUT2D eigenvalue weighted by Crippen LogP contribution is 2.17. The molecule has 5 heteroatoms. The highest BCUT2D eigenvalue weighted by molar-refractivity contribution is 5.97. The predicted molar refractivity (Wildman–Crippen MR) is 92.6 cm³/mol. The average Bonchev–Trinajstić information content (AvgIpc) is 3.03. The van der Waals surface area contributed by atoms with E-state index in [-0.39, 0.29) is 17.8 Å². The van der Waals surface area contributed by atoms with E-state index >= 15 is 0 Å². The normalized spacial score (nSPS) is 12.7. The van der Waals surface area contributed by atoms with Crippen molar-refractivity contribution in [2.24, 2.45) is 0 Å². The third kappa shape index (κ3) is 4.39. The number of benzene rings is 1. The summed E-state index contributed by atoms with van der Waals surface area (Å²) in [6.07, 6.45) is 4.15. The number of aromatic nitrogens is 2. The molecule has 1 aromatic heterocycles. The predicted octanol–water partition coefficient (Wildman–Crippen LogP) is 3.73. The molecule has 2 aromatic rings. The Balaban J connectivity index is 2.12. The number of nitrogens with one attached hydrogen (secondary N) is 3. The van der Waals surface area contributed by atoms with E-state index in [1.165, 1.54) is 0 Å². The fourth-order valence-corrected chi connectivity index (χ4v) is 2.37. The van der Waals surface area contributed by atoms with Crippen molar-refractivity contribution in [2.45, 2.75) is 33.2 Å². The standard InChI is InChI=1S/C18H22N4O/c1-4-15(14-8-6-5-7-9-14)22-18(23)17-20-11-16(21-17)12(2)10-13(3)19/h5-11,15,19H,4H2,1-3H3,(H,20,21)(H,22,23)/b12-10-,19-13?. The Morgan fingerprint density at radius 2 is 2.04 bits per heavy atom. The summed E-state index contributed by atoms with van der Waals surface area (Å²) in [6.45, 7) is 5.62. The first-order valence-electron chi connectivity index (χ1n) is 7.66. The van der Waals surface area contributed by atoms with Crippen molar-refractivity contribution >= 4 is 17.2 Å². The van der Waals surface area contributed by atoms with E-state index in [4.69, 9.17) is 5.41 Å². The van der Waals surface area contributed by atoms with E-state index in [0.29, 0.717) is 5.71 Å².